The van der Waals surface area contributed by atoms with Gasteiger partial charge >= 0.3 is 5.97 Å². The van der Waals surface area contributed by atoms with Crippen molar-refractivity contribution < 1.29 is 27.5 Å². The van der Waals surface area contributed by atoms with Gasteiger partial charge in [0.1, 0.15) is 5.75 Å². The van der Waals surface area contributed by atoms with E-state index in [2.05, 4.69) is 0 Å². The Kier molecular flexibility index (Phi) is 5.96. The topological polar surface area (TPSA) is 93.2 Å². The molecule has 8 nitrogen and oxygen atoms in total. The second-order valence-electron chi connectivity index (χ2n) is 8.06. The standard InChI is InChI=1S/C23H26N2O6S/c1-3-30-18-8-10-19(11-9-18)32(28,29)25-14-12-24(13-15-25)22(27)23(2)16-17-6-4-5-7-20(17)21(26)31-23/h4-11H,3,12-16H2,1-2H3. The molecule has 0 bridgehead atoms. The maximum Gasteiger partial charge on any atom is 0.339 e. The van der Waals surface area contributed by atoms with Crippen LogP contribution in [0.15, 0.2) is 53.4 Å². The second-order valence-corrected chi connectivity index (χ2v) is 9.99. The molecule has 0 N–H and O–H groups in total. The molecule has 2 aromatic carbocycles. The molecule has 1 unspecified atom stereocenters. The molecule has 9 heteroatoms. The first-order valence-electron chi connectivity index (χ1n) is 10.6. The lowest BCUT2D eigenvalue weighted by Crippen LogP contribution is -2.58. The van der Waals surface area contributed by atoms with Gasteiger partial charge in [-0.05, 0) is 49.7 Å². The van der Waals surface area contributed by atoms with Gasteiger partial charge in [-0.3, -0.25) is 4.79 Å². The number of nitrogens with zero attached hydrogens (tertiary/aromatic N) is 2. The summed E-state index contributed by atoms with van der Waals surface area (Å²) in [4.78, 5) is 27.4. The zero-order valence-corrected chi connectivity index (χ0v) is 18.9. The molecule has 0 radical (unpaired) electrons. The lowest BCUT2D eigenvalue weighted by Gasteiger charge is -2.40. The SMILES string of the molecule is CCOc1ccc(S(=O)(=O)N2CCN(C(=O)C3(C)Cc4ccccc4C(=O)O3)CC2)cc1. The Morgan fingerprint density at radius 1 is 1.06 bits per heavy atom. The van der Waals surface area contributed by atoms with Crippen molar-refractivity contribution in [3.05, 3.63) is 59.7 Å². The first-order chi connectivity index (χ1) is 15.2. The molecule has 0 spiro atoms. The molecule has 2 heterocycles. The van der Waals surface area contributed by atoms with Crippen molar-refractivity contribution in [2.75, 3.05) is 32.8 Å². The van der Waals surface area contributed by atoms with E-state index in [0.717, 1.165) is 5.56 Å². The summed E-state index contributed by atoms with van der Waals surface area (Å²) < 4.78 is 38.3. The number of carbonyl (C=O) groups excluding carboxylic acids is 2. The van der Waals surface area contributed by atoms with Gasteiger partial charge in [-0.25, -0.2) is 13.2 Å². The Balaban J connectivity index is 1.43. The number of hydrogen-bond donors (Lipinski definition) is 0. The van der Waals surface area contributed by atoms with E-state index in [4.69, 9.17) is 9.47 Å². The van der Waals surface area contributed by atoms with E-state index in [1.807, 2.05) is 19.1 Å². The Bertz CT molecular complexity index is 1120. The van der Waals surface area contributed by atoms with Crippen LogP contribution in [0.25, 0.3) is 0 Å². The number of amides is 1. The zero-order chi connectivity index (χ0) is 22.9. The van der Waals surface area contributed by atoms with Gasteiger partial charge in [-0.15, -0.1) is 0 Å². The number of carbonyl (C=O) groups is 2. The van der Waals surface area contributed by atoms with Crippen LogP contribution in [-0.4, -0.2) is 67.9 Å². The average Bonchev–Trinajstić information content (AvgIpc) is 2.79. The van der Waals surface area contributed by atoms with E-state index < -0.39 is 21.6 Å². The lowest BCUT2D eigenvalue weighted by atomic mass is 9.89. The van der Waals surface area contributed by atoms with Crippen LogP contribution < -0.4 is 4.74 Å². The summed E-state index contributed by atoms with van der Waals surface area (Å²) in [6.07, 6.45) is 0.290. The Labute approximate surface area is 187 Å². The number of cyclic esters (lactones) is 1. The molecular formula is C23H26N2O6S. The van der Waals surface area contributed by atoms with E-state index in [-0.39, 0.29) is 37.0 Å². The maximum atomic E-state index is 13.2. The summed E-state index contributed by atoms with van der Waals surface area (Å²) in [6, 6.07) is 13.4. The molecule has 1 fully saturated rings. The average molecular weight is 459 g/mol. The first-order valence-corrected chi connectivity index (χ1v) is 12.0. The molecule has 32 heavy (non-hydrogen) atoms. The van der Waals surface area contributed by atoms with Crippen LogP contribution in [0, 0.1) is 0 Å². The third-order valence-electron chi connectivity index (χ3n) is 5.83. The van der Waals surface area contributed by atoms with Crippen molar-refractivity contribution in [1.82, 2.24) is 9.21 Å². The predicted octanol–water partition coefficient (Wildman–Crippen LogP) is 2.09. The number of ether oxygens (including phenoxy) is 2. The number of rotatable bonds is 5. The van der Waals surface area contributed by atoms with Crippen molar-refractivity contribution >= 4 is 21.9 Å². The van der Waals surface area contributed by atoms with E-state index in [0.29, 0.717) is 24.3 Å². The van der Waals surface area contributed by atoms with Gasteiger partial charge in [0.25, 0.3) is 5.91 Å². The van der Waals surface area contributed by atoms with Crippen LogP contribution in [0.1, 0.15) is 29.8 Å². The fraction of sp³-hybridized carbons (Fsp3) is 0.391. The lowest BCUT2D eigenvalue weighted by molar-refractivity contribution is -0.152. The quantitative estimate of drug-likeness (QED) is 0.637. The molecule has 2 aliphatic rings. The van der Waals surface area contributed by atoms with Crippen LogP contribution in [0.2, 0.25) is 0 Å². The molecular weight excluding hydrogens is 432 g/mol. The molecule has 0 saturated carbocycles. The maximum absolute atomic E-state index is 13.2. The van der Waals surface area contributed by atoms with Crippen LogP contribution in [0.3, 0.4) is 0 Å². The molecule has 2 aromatic rings. The highest BCUT2D eigenvalue weighted by Gasteiger charge is 2.45. The highest BCUT2D eigenvalue weighted by Crippen LogP contribution is 2.30. The largest absolute Gasteiger partial charge is 0.494 e. The number of hydrogen-bond acceptors (Lipinski definition) is 6. The van der Waals surface area contributed by atoms with E-state index in [9.17, 15) is 18.0 Å². The van der Waals surface area contributed by atoms with E-state index in [1.54, 1.807) is 36.1 Å². The van der Waals surface area contributed by atoms with Crippen molar-refractivity contribution in [3.63, 3.8) is 0 Å². The van der Waals surface area contributed by atoms with Crippen LogP contribution >= 0.6 is 0 Å². The van der Waals surface area contributed by atoms with Gasteiger partial charge in [0.05, 0.1) is 17.1 Å². The predicted molar refractivity (Wildman–Crippen MR) is 117 cm³/mol. The minimum atomic E-state index is -3.68. The third-order valence-corrected chi connectivity index (χ3v) is 7.75. The van der Waals surface area contributed by atoms with Gasteiger partial charge in [0, 0.05) is 32.6 Å². The summed E-state index contributed by atoms with van der Waals surface area (Å²) in [5.74, 6) is -0.211. The van der Waals surface area contributed by atoms with Gasteiger partial charge in [-0.1, -0.05) is 18.2 Å². The van der Waals surface area contributed by atoms with Gasteiger partial charge in [0.15, 0.2) is 5.60 Å². The molecule has 2 aliphatic heterocycles. The fourth-order valence-electron chi connectivity index (χ4n) is 4.14. The normalized spacial score (nSPS) is 21.6. The molecule has 0 aliphatic carbocycles. The van der Waals surface area contributed by atoms with E-state index >= 15 is 0 Å². The van der Waals surface area contributed by atoms with Gasteiger partial charge in [0.2, 0.25) is 10.0 Å². The summed E-state index contributed by atoms with van der Waals surface area (Å²) in [6.45, 7) is 4.77. The summed E-state index contributed by atoms with van der Waals surface area (Å²) >= 11 is 0. The summed E-state index contributed by atoms with van der Waals surface area (Å²) in [7, 11) is -3.68. The Hall–Kier alpha value is -2.91. The van der Waals surface area contributed by atoms with Crippen LogP contribution in [0.4, 0.5) is 0 Å². The minimum Gasteiger partial charge on any atom is -0.494 e. The van der Waals surface area contributed by atoms with Crippen molar-refractivity contribution in [2.24, 2.45) is 0 Å². The fourth-order valence-corrected chi connectivity index (χ4v) is 5.56. The summed E-state index contributed by atoms with van der Waals surface area (Å²) in [5, 5.41) is 0. The van der Waals surface area contributed by atoms with Crippen LogP contribution in [0.5, 0.6) is 5.75 Å². The molecule has 1 saturated heterocycles. The van der Waals surface area contributed by atoms with Crippen molar-refractivity contribution in [1.29, 1.82) is 0 Å². The van der Waals surface area contributed by atoms with Gasteiger partial charge < -0.3 is 14.4 Å². The van der Waals surface area contributed by atoms with Crippen molar-refractivity contribution in [2.45, 2.75) is 30.8 Å². The molecule has 0 aromatic heterocycles. The van der Waals surface area contributed by atoms with E-state index in [1.165, 1.54) is 16.4 Å². The Morgan fingerprint density at radius 2 is 1.72 bits per heavy atom. The molecule has 1 amide bonds. The smallest absolute Gasteiger partial charge is 0.339 e. The number of esters is 1. The van der Waals surface area contributed by atoms with Gasteiger partial charge in [-0.2, -0.15) is 4.31 Å². The number of piperazine rings is 1. The van der Waals surface area contributed by atoms with Crippen molar-refractivity contribution in [3.8, 4) is 5.75 Å². The second kappa shape index (κ2) is 8.55. The van der Waals surface area contributed by atoms with Crippen LogP contribution in [-0.2, 0) is 26.0 Å². The molecule has 4 rings (SSSR count). The highest BCUT2D eigenvalue weighted by atomic mass is 32.2. The summed E-state index contributed by atoms with van der Waals surface area (Å²) in [5.41, 5.74) is -0.0536. The molecule has 170 valence electrons. The Morgan fingerprint density at radius 3 is 2.38 bits per heavy atom. The molecule has 1 atom stereocenters. The zero-order valence-electron chi connectivity index (χ0n) is 18.1. The third kappa shape index (κ3) is 4.10. The highest BCUT2D eigenvalue weighted by molar-refractivity contribution is 7.89. The minimum absolute atomic E-state index is 0.169. The first kappa shape index (κ1) is 22.3. The number of fused-ring (bicyclic) bond motifs is 1. The monoisotopic (exact) mass is 458 g/mol. The number of benzene rings is 2. The number of sulfonamides is 1.